The first-order chi connectivity index (χ1) is 5.52. The molecule has 0 saturated heterocycles. The zero-order chi connectivity index (χ0) is 9.30. The summed E-state index contributed by atoms with van der Waals surface area (Å²) in [6.45, 7) is 1.58. The van der Waals surface area contributed by atoms with Crippen LogP contribution in [0, 0.1) is 6.92 Å². The summed E-state index contributed by atoms with van der Waals surface area (Å²) < 4.78 is 24.9. The van der Waals surface area contributed by atoms with Crippen molar-refractivity contribution in [1.82, 2.24) is 4.98 Å². The van der Waals surface area contributed by atoms with E-state index < -0.39 is 6.43 Å². The van der Waals surface area contributed by atoms with Crippen LogP contribution in [-0.4, -0.2) is 4.98 Å². The normalized spacial score (nSPS) is 10.8. The van der Waals surface area contributed by atoms with Gasteiger partial charge in [0.1, 0.15) is 4.60 Å². The number of aryl methyl sites for hydroxylation is 1. The van der Waals surface area contributed by atoms with E-state index >= 15 is 0 Å². The summed E-state index contributed by atoms with van der Waals surface area (Å²) in [7, 11) is 0. The highest BCUT2D eigenvalue weighted by Gasteiger charge is 2.14. The number of aromatic nitrogens is 1. The molecule has 1 rings (SSSR count). The number of hydrogen-bond acceptors (Lipinski definition) is 1. The molecule has 0 aromatic carbocycles. The van der Waals surface area contributed by atoms with E-state index in [1.807, 2.05) is 0 Å². The molecule has 0 radical (unpaired) electrons. The Morgan fingerprint density at radius 2 is 2.17 bits per heavy atom. The van der Waals surface area contributed by atoms with Crippen molar-refractivity contribution in [2.75, 3.05) is 0 Å². The molecule has 0 aliphatic carbocycles. The number of alkyl halides is 2. The highest BCUT2D eigenvalue weighted by atomic mass is 79.9. The predicted octanol–water partition coefficient (Wildman–Crippen LogP) is 3.74. The van der Waals surface area contributed by atoms with Gasteiger partial charge in [-0.1, -0.05) is 11.6 Å². The molecule has 66 valence electrons. The van der Waals surface area contributed by atoms with Crippen molar-refractivity contribution in [1.29, 1.82) is 0 Å². The zero-order valence-electron chi connectivity index (χ0n) is 6.11. The molecule has 12 heavy (non-hydrogen) atoms. The van der Waals surface area contributed by atoms with Crippen molar-refractivity contribution in [3.8, 4) is 0 Å². The fraction of sp³-hybridized carbons (Fsp3) is 0.286. The van der Waals surface area contributed by atoms with Gasteiger partial charge in [0.15, 0.2) is 0 Å². The van der Waals surface area contributed by atoms with Crippen LogP contribution >= 0.6 is 27.5 Å². The molecule has 0 spiro atoms. The van der Waals surface area contributed by atoms with Crippen LogP contribution in [0.15, 0.2) is 10.7 Å². The molecular weight excluding hydrogens is 251 g/mol. The summed E-state index contributed by atoms with van der Waals surface area (Å²) in [5.74, 6) is 0. The molecule has 0 amide bonds. The van der Waals surface area contributed by atoms with E-state index in [-0.39, 0.29) is 10.6 Å². The van der Waals surface area contributed by atoms with Crippen molar-refractivity contribution < 1.29 is 8.78 Å². The van der Waals surface area contributed by atoms with Crippen LogP contribution in [-0.2, 0) is 0 Å². The molecule has 1 aromatic rings. The maximum Gasteiger partial charge on any atom is 0.265 e. The fourth-order valence-electron chi connectivity index (χ4n) is 0.801. The van der Waals surface area contributed by atoms with Crippen LogP contribution in [0.3, 0.4) is 0 Å². The van der Waals surface area contributed by atoms with E-state index in [9.17, 15) is 8.78 Å². The van der Waals surface area contributed by atoms with Crippen molar-refractivity contribution in [3.05, 3.63) is 26.9 Å². The molecule has 1 aromatic heterocycles. The minimum atomic E-state index is -2.56. The molecule has 0 aliphatic heterocycles. The van der Waals surface area contributed by atoms with E-state index in [0.717, 1.165) is 0 Å². The monoisotopic (exact) mass is 255 g/mol. The van der Waals surface area contributed by atoms with Gasteiger partial charge in [-0.05, 0) is 28.9 Å². The molecule has 0 fully saturated rings. The maximum absolute atomic E-state index is 12.3. The van der Waals surface area contributed by atoms with Crippen molar-refractivity contribution in [2.45, 2.75) is 13.3 Å². The number of pyridine rings is 1. The largest absolute Gasteiger partial charge is 0.265 e. The second-order valence-electron chi connectivity index (χ2n) is 2.23. The average Bonchev–Trinajstić information content (AvgIpc) is 1.96. The van der Waals surface area contributed by atoms with Crippen molar-refractivity contribution >= 4 is 27.5 Å². The SMILES string of the molecule is Cc1nc(Br)cc(C(F)F)c1Cl. The highest BCUT2D eigenvalue weighted by Crippen LogP contribution is 2.30. The summed E-state index contributed by atoms with van der Waals surface area (Å²) >= 11 is 8.61. The third kappa shape index (κ3) is 1.93. The molecule has 5 heteroatoms. The van der Waals surface area contributed by atoms with Gasteiger partial charge in [0, 0.05) is 5.56 Å². The number of hydrogen-bond donors (Lipinski definition) is 0. The number of halogens is 4. The van der Waals surface area contributed by atoms with Crippen LogP contribution < -0.4 is 0 Å². The topological polar surface area (TPSA) is 12.9 Å². The lowest BCUT2D eigenvalue weighted by Gasteiger charge is -2.05. The van der Waals surface area contributed by atoms with E-state index in [2.05, 4.69) is 20.9 Å². The quantitative estimate of drug-likeness (QED) is 0.698. The molecular formula is C7H5BrClF2N. The fourth-order valence-corrected chi connectivity index (χ4v) is 1.49. The molecule has 0 unspecified atom stereocenters. The Morgan fingerprint density at radius 1 is 1.58 bits per heavy atom. The van der Waals surface area contributed by atoms with E-state index in [1.165, 1.54) is 6.07 Å². The van der Waals surface area contributed by atoms with Gasteiger partial charge in [-0.3, -0.25) is 0 Å². The molecule has 0 bridgehead atoms. The predicted molar refractivity (Wildman–Crippen MR) is 46.6 cm³/mol. The minimum absolute atomic E-state index is 0.0354. The first-order valence-electron chi connectivity index (χ1n) is 3.13. The van der Waals surface area contributed by atoms with Gasteiger partial charge in [0.25, 0.3) is 6.43 Å². The lowest BCUT2D eigenvalue weighted by molar-refractivity contribution is 0.151. The lowest BCUT2D eigenvalue weighted by Crippen LogP contribution is -1.92. The lowest BCUT2D eigenvalue weighted by atomic mass is 10.2. The van der Waals surface area contributed by atoms with E-state index in [1.54, 1.807) is 6.92 Å². The second kappa shape index (κ2) is 3.66. The maximum atomic E-state index is 12.3. The third-order valence-electron chi connectivity index (χ3n) is 1.36. The van der Waals surface area contributed by atoms with Crippen LogP contribution in [0.25, 0.3) is 0 Å². The third-order valence-corrected chi connectivity index (χ3v) is 2.25. The Hall–Kier alpha value is -0.220. The Kier molecular flexibility index (Phi) is 3.01. The molecule has 0 saturated carbocycles. The first-order valence-corrected chi connectivity index (χ1v) is 4.30. The van der Waals surface area contributed by atoms with Crippen LogP contribution in [0.1, 0.15) is 17.7 Å². The van der Waals surface area contributed by atoms with Gasteiger partial charge in [-0.2, -0.15) is 0 Å². The van der Waals surface area contributed by atoms with Gasteiger partial charge in [0.2, 0.25) is 0 Å². The van der Waals surface area contributed by atoms with Gasteiger partial charge in [-0.25, -0.2) is 13.8 Å². The Morgan fingerprint density at radius 3 is 2.67 bits per heavy atom. The van der Waals surface area contributed by atoms with Gasteiger partial charge in [0.05, 0.1) is 10.7 Å². The zero-order valence-corrected chi connectivity index (χ0v) is 8.46. The first kappa shape index (κ1) is 9.86. The summed E-state index contributed by atoms with van der Waals surface area (Å²) in [6, 6.07) is 1.22. The van der Waals surface area contributed by atoms with Crippen LogP contribution in [0.4, 0.5) is 8.78 Å². The molecule has 0 atom stereocenters. The number of nitrogens with zero attached hydrogens (tertiary/aromatic N) is 1. The summed E-state index contributed by atoms with van der Waals surface area (Å²) in [5, 5.41) is 0.0354. The summed E-state index contributed by atoms with van der Waals surface area (Å²) in [5.41, 5.74) is 0.220. The second-order valence-corrected chi connectivity index (χ2v) is 3.42. The van der Waals surface area contributed by atoms with Gasteiger partial charge < -0.3 is 0 Å². The Bertz CT molecular complexity index is 304. The molecule has 1 nitrogen and oxygen atoms in total. The Balaban J connectivity index is 3.28. The van der Waals surface area contributed by atoms with Crippen molar-refractivity contribution in [2.24, 2.45) is 0 Å². The molecule has 0 N–H and O–H groups in total. The minimum Gasteiger partial charge on any atom is -0.245 e. The average molecular weight is 256 g/mol. The van der Waals surface area contributed by atoms with Gasteiger partial charge >= 0.3 is 0 Å². The highest BCUT2D eigenvalue weighted by molar-refractivity contribution is 9.10. The molecule has 1 heterocycles. The van der Waals surface area contributed by atoms with Gasteiger partial charge in [-0.15, -0.1) is 0 Å². The van der Waals surface area contributed by atoms with Crippen molar-refractivity contribution in [3.63, 3.8) is 0 Å². The Labute approximate surface area is 81.9 Å². The summed E-state index contributed by atoms with van der Waals surface area (Å²) in [4.78, 5) is 3.87. The smallest absolute Gasteiger partial charge is 0.245 e. The van der Waals surface area contributed by atoms with Crippen LogP contribution in [0.5, 0.6) is 0 Å². The van der Waals surface area contributed by atoms with E-state index in [4.69, 9.17) is 11.6 Å². The summed E-state index contributed by atoms with van der Waals surface area (Å²) in [6.07, 6.45) is -2.56. The standard InChI is InChI=1S/C7H5BrClF2N/c1-3-6(9)4(7(10)11)2-5(8)12-3/h2,7H,1H3. The van der Waals surface area contributed by atoms with Crippen LogP contribution in [0.2, 0.25) is 5.02 Å². The molecule has 0 aliphatic rings. The van der Waals surface area contributed by atoms with E-state index in [0.29, 0.717) is 10.3 Å². The number of rotatable bonds is 1.